The van der Waals surface area contributed by atoms with Crippen LogP contribution in [0.5, 0.6) is 0 Å². The van der Waals surface area contributed by atoms with Crippen LogP contribution in [0.2, 0.25) is 44.4 Å². The van der Waals surface area contributed by atoms with Gasteiger partial charge in [0.1, 0.15) is 0 Å². The molecule has 0 aliphatic rings. The first kappa shape index (κ1) is 11.9. The van der Waals surface area contributed by atoms with Crippen LogP contribution in [0.4, 0.5) is 0 Å². The van der Waals surface area contributed by atoms with Crippen LogP contribution < -0.4 is 0 Å². The van der Waals surface area contributed by atoms with Gasteiger partial charge in [-0.05, 0) is 0 Å². The summed E-state index contributed by atoms with van der Waals surface area (Å²) in [7, 11) is -2.50. The van der Waals surface area contributed by atoms with E-state index in [1.807, 2.05) is 0 Å². The Kier molecular flexibility index (Phi) is 3.71. The summed E-state index contributed by atoms with van der Waals surface area (Å²) in [4.78, 5) is 10.6. The molecule has 0 amide bonds. The van der Waals surface area contributed by atoms with Crippen molar-refractivity contribution in [2.75, 3.05) is 0 Å². The number of carbonyl (C=O) groups is 1. The molecule has 0 aliphatic heterocycles. The highest BCUT2D eigenvalue weighted by molar-refractivity contribution is 6.95. The van der Waals surface area contributed by atoms with Gasteiger partial charge in [-0.3, -0.25) is 4.79 Å². The SMILES string of the molecule is C[Si](C)(C)C[Si](C)(C)CC(=O)O. The molecule has 4 heteroatoms. The van der Waals surface area contributed by atoms with E-state index in [0.29, 0.717) is 6.04 Å². The molecule has 0 aliphatic carbocycles. The van der Waals surface area contributed by atoms with Gasteiger partial charge in [0.05, 0.1) is 8.07 Å². The van der Waals surface area contributed by atoms with Crippen LogP contribution in [0.1, 0.15) is 0 Å². The average Bonchev–Trinajstić information content (AvgIpc) is 1.48. The van der Waals surface area contributed by atoms with Gasteiger partial charge in [-0.25, -0.2) is 0 Å². The van der Waals surface area contributed by atoms with Gasteiger partial charge in [0.25, 0.3) is 0 Å². The van der Waals surface area contributed by atoms with Crippen molar-refractivity contribution in [2.24, 2.45) is 0 Å². The van der Waals surface area contributed by atoms with E-state index in [4.69, 9.17) is 5.11 Å². The zero-order valence-corrected chi connectivity index (χ0v) is 10.8. The standard InChI is InChI=1S/C8H20O2Si2/c1-11(2,3)7-12(4,5)6-8(9)10/h6-7H2,1-5H3,(H,9,10). The van der Waals surface area contributed by atoms with Gasteiger partial charge in [0.15, 0.2) is 0 Å². The number of hydrogen-bond acceptors (Lipinski definition) is 1. The van der Waals surface area contributed by atoms with Gasteiger partial charge in [-0.1, -0.05) is 38.4 Å². The first-order valence-corrected chi connectivity index (χ1v) is 11.5. The maximum Gasteiger partial charge on any atom is 0.300 e. The second-order valence-corrected chi connectivity index (χ2v) is 16.7. The van der Waals surface area contributed by atoms with Crippen LogP contribution in [0.15, 0.2) is 0 Å². The summed E-state index contributed by atoms with van der Waals surface area (Å²) in [6.07, 6.45) is 0. The molecular weight excluding hydrogens is 184 g/mol. The quantitative estimate of drug-likeness (QED) is 0.715. The van der Waals surface area contributed by atoms with Gasteiger partial charge < -0.3 is 5.11 Å². The summed E-state index contributed by atoms with van der Waals surface area (Å²) in [5, 5.41) is 8.70. The Morgan fingerprint density at radius 1 is 1.17 bits per heavy atom. The lowest BCUT2D eigenvalue weighted by Crippen LogP contribution is -2.38. The molecule has 0 bridgehead atoms. The summed E-state index contributed by atoms with van der Waals surface area (Å²) in [6, 6.07) is 0.428. The molecule has 0 spiro atoms. The van der Waals surface area contributed by atoms with E-state index in [1.165, 1.54) is 5.67 Å². The van der Waals surface area contributed by atoms with Gasteiger partial charge in [0, 0.05) is 14.1 Å². The molecule has 1 N–H and O–H groups in total. The zero-order chi connectivity index (χ0) is 9.99. The molecule has 0 atom stereocenters. The van der Waals surface area contributed by atoms with Crippen LogP contribution in [0.3, 0.4) is 0 Å². The lowest BCUT2D eigenvalue weighted by atomic mass is 10.8. The van der Waals surface area contributed by atoms with Gasteiger partial charge >= 0.3 is 5.97 Å². The summed E-state index contributed by atoms with van der Waals surface area (Å²) in [6.45, 7) is 11.3. The molecule has 0 radical (unpaired) electrons. The number of rotatable bonds is 4. The normalized spacial score (nSPS) is 13.1. The maximum absolute atomic E-state index is 10.6. The average molecular weight is 204 g/mol. The van der Waals surface area contributed by atoms with E-state index in [2.05, 4.69) is 32.7 Å². The molecule has 0 saturated carbocycles. The molecule has 12 heavy (non-hydrogen) atoms. The lowest BCUT2D eigenvalue weighted by Gasteiger charge is -2.27. The van der Waals surface area contributed by atoms with Crippen molar-refractivity contribution >= 4 is 22.1 Å². The molecule has 0 aromatic carbocycles. The Morgan fingerprint density at radius 3 is 1.83 bits per heavy atom. The van der Waals surface area contributed by atoms with Crippen LogP contribution in [-0.2, 0) is 4.79 Å². The van der Waals surface area contributed by atoms with E-state index in [9.17, 15) is 4.79 Å². The van der Waals surface area contributed by atoms with E-state index in [0.717, 1.165) is 0 Å². The third-order valence-electron chi connectivity index (χ3n) is 1.64. The summed E-state index contributed by atoms with van der Waals surface area (Å²) >= 11 is 0. The minimum Gasteiger partial charge on any atom is -0.481 e. The molecule has 0 heterocycles. The third-order valence-corrected chi connectivity index (χ3v) is 11.0. The Morgan fingerprint density at radius 2 is 1.58 bits per heavy atom. The largest absolute Gasteiger partial charge is 0.481 e. The molecule has 0 saturated heterocycles. The molecule has 2 nitrogen and oxygen atoms in total. The van der Waals surface area contributed by atoms with Crippen molar-refractivity contribution in [1.29, 1.82) is 0 Å². The van der Waals surface area contributed by atoms with Crippen molar-refractivity contribution in [3.63, 3.8) is 0 Å². The van der Waals surface area contributed by atoms with E-state index in [1.54, 1.807) is 0 Å². The Bertz CT molecular complexity index is 170. The Balaban J connectivity index is 4.13. The van der Waals surface area contributed by atoms with Gasteiger partial charge in [-0.15, -0.1) is 0 Å². The number of hydrogen-bond donors (Lipinski definition) is 1. The minimum absolute atomic E-state index is 0.428. The van der Waals surface area contributed by atoms with E-state index >= 15 is 0 Å². The predicted molar refractivity (Wildman–Crippen MR) is 58.1 cm³/mol. The van der Waals surface area contributed by atoms with Crippen LogP contribution in [0.25, 0.3) is 0 Å². The second kappa shape index (κ2) is 3.74. The topological polar surface area (TPSA) is 37.3 Å². The Hall–Kier alpha value is -0.0962. The predicted octanol–water partition coefficient (Wildman–Crippen LogP) is 2.66. The fourth-order valence-corrected chi connectivity index (χ4v) is 14.7. The minimum atomic E-state index is -1.44. The highest BCUT2D eigenvalue weighted by atomic mass is 28.4. The molecule has 0 aromatic heterocycles. The van der Waals surface area contributed by atoms with Crippen molar-refractivity contribution in [2.45, 2.75) is 44.4 Å². The molecule has 0 rings (SSSR count). The van der Waals surface area contributed by atoms with Gasteiger partial charge in [0.2, 0.25) is 0 Å². The highest BCUT2D eigenvalue weighted by Gasteiger charge is 2.30. The van der Waals surface area contributed by atoms with Crippen molar-refractivity contribution in [3.8, 4) is 0 Å². The fraction of sp³-hybridized carbons (Fsp3) is 0.875. The zero-order valence-electron chi connectivity index (χ0n) is 8.77. The highest BCUT2D eigenvalue weighted by Crippen LogP contribution is 2.22. The number of aliphatic carboxylic acids is 1. The second-order valence-electron chi connectivity index (χ2n) is 5.47. The monoisotopic (exact) mass is 204 g/mol. The molecule has 0 aromatic rings. The molecular formula is C8H20O2Si2. The summed E-state index contributed by atoms with van der Waals surface area (Å²) in [5.41, 5.74) is 1.21. The van der Waals surface area contributed by atoms with Gasteiger partial charge in [-0.2, -0.15) is 0 Å². The fourth-order valence-electron chi connectivity index (χ4n) is 1.91. The van der Waals surface area contributed by atoms with E-state index < -0.39 is 22.1 Å². The van der Waals surface area contributed by atoms with Crippen molar-refractivity contribution in [3.05, 3.63) is 0 Å². The van der Waals surface area contributed by atoms with E-state index in [-0.39, 0.29) is 0 Å². The Labute approximate surface area is 77.0 Å². The number of carboxylic acid groups (broad SMARTS) is 1. The maximum atomic E-state index is 10.6. The molecule has 0 unspecified atom stereocenters. The molecule has 72 valence electrons. The van der Waals surface area contributed by atoms with Crippen LogP contribution in [0, 0.1) is 0 Å². The van der Waals surface area contributed by atoms with Crippen LogP contribution >= 0.6 is 0 Å². The van der Waals surface area contributed by atoms with Crippen molar-refractivity contribution < 1.29 is 9.90 Å². The smallest absolute Gasteiger partial charge is 0.300 e. The summed E-state index contributed by atoms with van der Waals surface area (Å²) < 4.78 is 0. The van der Waals surface area contributed by atoms with Crippen LogP contribution in [-0.4, -0.2) is 27.2 Å². The third kappa shape index (κ3) is 6.60. The lowest BCUT2D eigenvalue weighted by molar-refractivity contribution is -0.134. The first-order valence-electron chi connectivity index (χ1n) is 4.34. The molecule has 0 fully saturated rings. The van der Waals surface area contributed by atoms with Crippen molar-refractivity contribution in [1.82, 2.24) is 0 Å². The summed E-state index contributed by atoms with van der Waals surface area (Å²) in [5.74, 6) is -0.620. The number of carboxylic acids is 1. The first-order chi connectivity index (χ1) is 5.12.